The molecule has 6 heteroatoms. The van der Waals surface area contributed by atoms with E-state index in [9.17, 15) is 0 Å². The lowest BCUT2D eigenvalue weighted by Crippen LogP contribution is -1.92. The van der Waals surface area contributed by atoms with Crippen LogP contribution in [0.2, 0.25) is 0 Å². The first-order valence-corrected chi connectivity index (χ1v) is 5.83. The highest BCUT2D eigenvalue weighted by Crippen LogP contribution is 2.31. The molecule has 0 aliphatic carbocycles. The number of ether oxygens (including phenoxy) is 1. The lowest BCUT2D eigenvalue weighted by molar-refractivity contribution is 0.476. The molecule has 2 N–H and O–H groups in total. The van der Waals surface area contributed by atoms with E-state index >= 15 is 0 Å². The van der Waals surface area contributed by atoms with Crippen LogP contribution in [0, 0.1) is 0 Å². The summed E-state index contributed by atoms with van der Waals surface area (Å²) in [6, 6.07) is 3.63. The van der Waals surface area contributed by atoms with Crippen molar-refractivity contribution in [1.29, 1.82) is 0 Å². The maximum Gasteiger partial charge on any atom is 0.280 e. The van der Waals surface area contributed by atoms with E-state index in [1.807, 2.05) is 12.1 Å². The fourth-order valence-corrected chi connectivity index (χ4v) is 2.37. The molecule has 0 saturated heterocycles. The van der Waals surface area contributed by atoms with E-state index in [4.69, 9.17) is 10.5 Å². The smallest absolute Gasteiger partial charge is 0.280 e. The number of hydrogen-bond donors (Lipinski definition) is 1. The van der Waals surface area contributed by atoms with Gasteiger partial charge in [0.25, 0.3) is 5.19 Å². The quantitative estimate of drug-likeness (QED) is 0.942. The number of nitrogens with two attached hydrogens (primary N) is 1. The van der Waals surface area contributed by atoms with Crippen molar-refractivity contribution < 1.29 is 4.74 Å². The first-order chi connectivity index (χ1) is 7.29. The summed E-state index contributed by atoms with van der Waals surface area (Å²) in [5.41, 5.74) is 5.53. The molecule has 0 unspecified atom stereocenters. The topological polar surface area (TPSA) is 61.0 Å². The highest BCUT2D eigenvalue weighted by Gasteiger charge is 2.08. The van der Waals surface area contributed by atoms with E-state index in [2.05, 4.69) is 25.9 Å². The minimum Gasteiger partial charge on any atom is -0.429 e. The Hall–Kier alpha value is -0.980. The van der Waals surface area contributed by atoms with Gasteiger partial charge in [-0.2, -0.15) is 4.98 Å². The van der Waals surface area contributed by atoms with Crippen molar-refractivity contribution in [1.82, 2.24) is 9.97 Å². The molecular weight excluding hydrogens is 278 g/mol. The fourth-order valence-electron chi connectivity index (χ4n) is 0.991. The molecule has 0 amide bonds. The lowest BCUT2D eigenvalue weighted by atomic mass is 10.5. The average molecular weight is 286 g/mol. The number of rotatable bonds is 3. The van der Waals surface area contributed by atoms with Gasteiger partial charge in [0.15, 0.2) is 0 Å². The van der Waals surface area contributed by atoms with E-state index in [0.717, 1.165) is 9.48 Å². The molecule has 2 aromatic heterocycles. The summed E-state index contributed by atoms with van der Waals surface area (Å²) < 4.78 is 6.25. The second-order valence-electron chi connectivity index (χ2n) is 2.69. The van der Waals surface area contributed by atoms with E-state index in [-0.39, 0.29) is 0 Å². The number of nitrogens with zero attached hydrogens (tertiary/aromatic N) is 2. The van der Waals surface area contributed by atoms with Gasteiger partial charge in [-0.1, -0.05) is 11.3 Å². The van der Waals surface area contributed by atoms with Gasteiger partial charge in [0, 0.05) is 12.7 Å². The number of halogens is 1. The zero-order valence-corrected chi connectivity index (χ0v) is 10.1. The molecular formula is C9H8BrN3OS. The van der Waals surface area contributed by atoms with Gasteiger partial charge in [-0.05, 0) is 28.1 Å². The van der Waals surface area contributed by atoms with Crippen LogP contribution in [0.25, 0.3) is 0 Å². The number of pyridine rings is 1. The van der Waals surface area contributed by atoms with Crippen LogP contribution < -0.4 is 10.5 Å². The van der Waals surface area contributed by atoms with E-state index in [0.29, 0.717) is 17.5 Å². The van der Waals surface area contributed by atoms with Crippen LogP contribution in [-0.4, -0.2) is 9.97 Å². The Kier molecular flexibility index (Phi) is 3.30. The maximum absolute atomic E-state index is 5.53. The molecule has 0 aliphatic rings. The summed E-state index contributed by atoms with van der Waals surface area (Å²) in [6.07, 6.45) is 3.33. The molecule has 0 bridgehead atoms. The zero-order valence-electron chi connectivity index (χ0n) is 7.68. The molecule has 0 fully saturated rings. The van der Waals surface area contributed by atoms with Crippen molar-refractivity contribution in [2.45, 2.75) is 6.54 Å². The molecule has 15 heavy (non-hydrogen) atoms. The van der Waals surface area contributed by atoms with Crippen LogP contribution in [0.3, 0.4) is 0 Å². The monoisotopic (exact) mass is 285 g/mol. The van der Waals surface area contributed by atoms with Crippen molar-refractivity contribution in [3.63, 3.8) is 0 Å². The molecule has 4 nitrogen and oxygen atoms in total. The molecule has 2 rings (SSSR count). The van der Waals surface area contributed by atoms with Gasteiger partial charge in [-0.25, -0.2) is 0 Å². The SMILES string of the molecule is NCc1sc(Oc2cccnc2)nc1Br. The van der Waals surface area contributed by atoms with Crippen LogP contribution in [0.1, 0.15) is 4.88 Å². The van der Waals surface area contributed by atoms with Crippen molar-refractivity contribution in [3.05, 3.63) is 34.0 Å². The Balaban J connectivity index is 2.18. The Morgan fingerprint density at radius 2 is 2.40 bits per heavy atom. The van der Waals surface area contributed by atoms with Gasteiger partial charge in [0.1, 0.15) is 10.4 Å². The second kappa shape index (κ2) is 4.69. The van der Waals surface area contributed by atoms with Crippen LogP contribution in [0.4, 0.5) is 0 Å². The zero-order chi connectivity index (χ0) is 10.7. The van der Waals surface area contributed by atoms with E-state index in [1.54, 1.807) is 12.4 Å². The first kappa shape index (κ1) is 10.5. The predicted molar refractivity (Wildman–Crippen MR) is 62.0 cm³/mol. The first-order valence-electron chi connectivity index (χ1n) is 4.22. The summed E-state index contributed by atoms with van der Waals surface area (Å²) in [5.74, 6) is 0.669. The van der Waals surface area contributed by atoms with Crippen molar-refractivity contribution in [3.8, 4) is 10.9 Å². The van der Waals surface area contributed by atoms with Crippen LogP contribution in [0.5, 0.6) is 10.9 Å². The summed E-state index contributed by atoms with van der Waals surface area (Å²) in [5, 5.41) is 0.565. The largest absolute Gasteiger partial charge is 0.429 e. The fraction of sp³-hybridized carbons (Fsp3) is 0.111. The molecule has 2 aromatic rings. The minimum absolute atomic E-state index is 0.453. The highest BCUT2D eigenvalue weighted by atomic mass is 79.9. The molecule has 78 valence electrons. The minimum atomic E-state index is 0.453. The number of aromatic nitrogens is 2. The predicted octanol–water partition coefficient (Wildman–Crippen LogP) is 2.55. The van der Waals surface area contributed by atoms with Gasteiger partial charge < -0.3 is 10.5 Å². The van der Waals surface area contributed by atoms with Crippen molar-refractivity contribution in [2.24, 2.45) is 5.73 Å². The van der Waals surface area contributed by atoms with Crippen molar-refractivity contribution in [2.75, 3.05) is 0 Å². The van der Waals surface area contributed by atoms with E-state index in [1.165, 1.54) is 11.3 Å². The van der Waals surface area contributed by atoms with Gasteiger partial charge in [0.05, 0.1) is 11.1 Å². The summed E-state index contributed by atoms with van der Waals surface area (Å²) in [6.45, 7) is 0.453. The number of thiazole rings is 1. The Bertz CT molecular complexity index is 446. The molecule has 0 atom stereocenters. The van der Waals surface area contributed by atoms with Gasteiger partial charge in [-0.15, -0.1) is 0 Å². The maximum atomic E-state index is 5.53. The standard InChI is InChI=1S/C9H8BrN3OS/c10-8-7(4-11)15-9(13-8)14-6-2-1-3-12-5-6/h1-3,5H,4,11H2. The summed E-state index contributed by atoms with van der Waals surface area (Å²) in [7, 11) is 0. The summed E-state index contributed by atoms with van der Waals surface area (Å²) in [4.78, 5) is 9.09. The molecule has 0 aliphatic heterocycles. The molecule has 2 heterocycles. The third-order valence-electron chi connectivity index (χ3n) is 1.66. The van der Waals surface area contributed by atoms with Gasteiger partial charge >= 0.3 is 0 Å². The molecule has 0 aromatic carbocycles. The highest BCUT2D eigenvalue weighted by molar-refractivity contribution is 9.10. The van der Waals surface area contributed by atoms with Crippen LogP contribution in [0.15, 0.2) is 29.1 Å². The van der Waals surface area contributed by atoms with Gasteiger partial charge in [0.2, 0.25) is 0 Å². The second-order valence-corrected chi connectivity index (χ2v) is 4.49. The Labute approximate surface area is 99.3 Å². The number of hydrogen-bond acceptors (Lipinski definition) is 5. The Morgan fingerprint density at radius 3 is 3.00 bits per heavy atom. The molecule has 0 radical (unpaired) electrons. The lowest BCUT2D eigenvalue weighted by Gasteiger charge is -1.98. The average Bonchev–Trinajstić information content (AvgIpc) is 2.60. The van der Waals surface area contributed by atoms with E-state index < -0.39 is 0 Å². The molecule has 0 saturated carbocycles. The third-order valence-corrected chi connectivity index (χ3v) is 3.53. The van der Waals surface area contributed by atoms with Crippen molar-refractivity contribution >= 4 is 27.3 Å². The Morgan fingerprint density at radius 1 is 1.53 bits per heavy atom. The summed E-state index contributed by atoms with van der Waals surface area (Å²) >= 11 is 4.74. The molecule has 0 spiro atoms. The normalized spacial score (nSPS) is 10.3. The third kappa shape index (κ3) is 2.53. The van der Waals surface area contributed by atoms with Gasteiger partial charge in [-0.3, -0.25) is 4.98 Å². The van der Waals surface area contributed by atoms with Crippen LogP contribution >= 0.6 is 27.3 Å². The van der Waals surface area contributed by atoms with Crippen LogP contribution in [-0.2, 0) is 6.54 Å².